The standard InChI is InChI=1S/C13H22BrN3O/c1-3-17-11(12(14)10(2)16-17)8-18-9-13(15)6-4-5-7-13/h3-9,15H2,1-2H3. The summed E-state index contributed by atoms with van der Waals surface area (Å²) in [6.07, 6.45) is 4.63. The summed E-state index contributed by atoms with van der Waals surface area (Å²) in [6.45, 7) is 6.17. The van der Waals surface area contributed by atoms with Crippen molar-refractivity contribution < 1.29 is 4.74 Å². The third-order valence-corrected chi connectivity index (χ3v) is 4.71. The number of aryl methyl sites for hydroxylation is 2. The highest BCUT2D eigenvalue weighted by Gasteiger charge is 2.29. The summed E-state index contributed by atoms with van der Waals surface area (Å²) in [5, 5.41) is 4.45. The number of aromatic nitrogens is 2. The molecule has 18 heavy (non-hydrogen) atoms. The number of nitrogens with zero attached hydrogens (tertiary/aromatic N) is 2. The minimum absolute atomic E-state index is 0.0986. The monoisotopic (exact) mass is 315 g/mol. The Balaban J connectivity index is 1.93. The molecule has 4 nitrogen and oxygen atoms in total. The molecule has 1 aromatic heterocycles. The van der Waals surface area contributed by atoms with Crippen LogP contribution in [0.25, 0.3) is 0 Å². The summed E-state index contributed by atoms with van der Waals surface area (Å²) >= 11 is 3.57. The zero-order valence-electron chi connectivity index (χ0n) is 11.2. The molecule has 0 spiro atoms. The molecule has 0 aliphatic heterocycles. The minimum Gasteiger partial charge on any atom is -0.373 e. The molecule has 0 atom stereocenters. The van der Waals surface area contributed by atoms with E-state index in [9.17, 15) is 0 Å². The van der Waals surface area contributed by atoms with Gasteiger partial charge in [-0.3, -0.25) is 4.68 Å². The molecule has 1 saturated carbocycles. The maximum atomic E-state index is 6.28. The van der Waals surface area contributed by atoms with E-state index in [-0.39, 0.29) is 5.54 Å². The molecule has 102 valence electrons. The molecule has 1 heterocycles. The molecule has 0 radical (unpaired) electrons. The Morgan fingerprint density at radius 3 is 2.72 bits per heavy atom. The zero-order chi connectivity index (χ0) is 13.2. The number of halogens is 1. The van der Waals surface area contributed by atoms with Crippen LogP contribution in [-0.4, -0.2) is 21.9 Å². The van der Waals surface area contributed by atoms with Crippen LogP contribution in [0.15, 0.2) is 4.47 Å². The van der Waals surface area contributed by atoms with Gasteiger partial charge in [-0.25, -0.2) is 0 Å². The molecular formula is C13H22BrN3O. The van der Waals surface area contributed by atoms with Gasteiger partial charge < -0.3 is 10.5 Å². The van der Waals surface area contributed by atoms with Gasteiger partial charge >= 0.3 is 0 Å². The fraction of sp³-hybridized carbons (Fsp3) is 0.769. The van der Waals surface area contributed by atoms with Crippen molar-refractivity contribution in [3.63, 3.8) is 0 Å². The fourth-order valence-electron chi connectivity index (χ4n) is 2.58. The molecule has 2 rings (SSSR count). The van der Waals surface area contributed by atoms with Crippen molar-refractivity contribution in [2.75, 3.05) is 6.61 Å². The van der Waals surface area contributed by atoms with E-state index in [0.717, 1.165) is 35.2 Å². The van der Waals surface area contributed by atoms with Gasteiger partial charge in [0.05, 0.1) is 29.1 Å². The first-order chi connectivity index (χ1) is 8.56. The average Bonchev–Trinajstić information content (AvgIpc) is 2.88. The molecule has 1 aliphatic carbocycles. The Morgan fingerprint density at radius 2 is 2.11 bits per heavy atom. The van der Waals surface area contributed by atoms with Crippen molar-refractivity contribution in [3.05, 3.63) is 15.9 Å². The van der Waals surface area contributed by atoms with Crippen molar-refractivity contribution in [2.24, 2.45) is 5.73 Å². The lowest BCUT2D eigenvalue weighted by atomic mass is 10.0. The summed E-state index contributed by atoms with van der Waals surface area (Å²) in [4.78, 5) is 0. The molecule has 0 unspecified atom stereocenters. The zero-order valence-corrected chi connectivity index (χ0v) is 12.8. The molecular weight excluding hydrogens is 294 g/mol. The van der Waals surface area contributed by atoms with Crippen LogP contribution in [0.2, 0.25) is 0 Å². The lowest BCUT2D eigenvalue weighted by Gasteiger charge is -2.23. The summed E-state index contributed by atoms with van der Waals surface area (Å²) < 4.78 is 8.87. The van der Waals surface area contributed by atoms with E-state index in [1.807, 2.05) is 11.6 Å². The van der Waals surface area contributed by atoms with Gasteiger partial charge in [0.2, 0.25) is 0 Å². The van der Waals surface area contributed by atoms with Crippen LogP contribution in [0.1, 0.15) is 44.0 Å². The number of hydrogen-bond acceptors (Lipinski definition) is 3. The normalized spacial score (nSPS) is 18.4. The van der Waals surface area contributed by atoms with E-state index in [0.29, 0.717) is 13.2 Å². The van der Waals surface area contributed by atoms with Crippen LogP contribution < -0.4 is 5.73 Å². The maximum Gasteiger partial charge on any atom is 0.0897 e. The Bertz CT molecular complexity index is 411. The van der Waals surface area contributed by atoms with E-state index < -0.39 is 0 Å². The van der Waals surface area contributed by atoms with Gasteiger partial charge in [0.1, 0.15) is 0 Å². The Kier molecular flexibility index (Phi) is 4.45. The van der Waals surface area contributed by atoms with Crippen molar-refractivity contribution >= 4 is 15.9 Å². The van der Waals surface area contributed by atoms with Gasteiger partial charge in [0, 0.05) is 12.1 Å². The number of ether oxygens (including phenoxy) is 1. The quantitative estimate of drug-likeness (QED) is 0.909. The SMILES string of the molecule is CCn1nc(C)c(Br)c1COCC1(N)CCCC1. The number of nitrogens with two attached hydrogens (primary N) is 1. The fourth-order valence-corrected chi connectivity index (χ4v) is 2.98. The number of rotatable bonds is 5. The predicted octanol–water partition coefficient (Wildman–Crippen LogP) is 2.76. The highest BCUT2D eigenvalue weighted by Crippen LogP contribution is 2.28. The summed E-state index contributed by atoms with van der Waals surface area (Å²) in [7, 11) is 0. The molecule has 1 fully saturated rings. The van der Waals surface area contributed by atoms with Crippen molar-refractivity contribution in [1.29, 1.82) is 0 Å². The average molecular weight is 316 g/mol. The molecule has 0 aromatic carbocycles. The first kappa shape index (κ1) is 14.0. The number of hydrogen-bond donors (Lipinski definition) is 1. The van der Waals surface area contributed by atoms with E-state index in [2.05, 4.69) is 28.0 Å². The van der Waals surface area contributed by atoms with Gasteiger partial charge in [-0.2, -0.15) is 5.10 Å². The summed E-state index contributed by atoms with van der Waals surface area (Å²) in [5.74, 6) is 0. The Morgan fingerprint density at radius 1 is 1.44 bits per heavy atom. The Hall–Kier alpha value is -0.390. The van der Waals surface area contributed by atoms with E-state index >= 15 is 0 Å². The highest BCUT2D eigenvalue weighted by atomic mass is 79.9. The first-order valence-corrected chi connectivity index (χ1v) is 7.43. The van der Waals surface area contributed by atoms with Crippen LogP contribution in [0.4, 0.5) is 0 Å². The second-order valence-corrected chi connectivity index (χ2v) is 6.02. The van der Waals surface area contributed by atoms with Gasteiger partial charge in [-0.05, 0) is 42.6 Å². The van der Waals surface area contributed by atoms with Crippen LogP contribution in [-0.2, 0) is 17.9 Å². The first-order valence-electron chi connectivity index (χ1n) is 6.64. The van der Waals surface area contributed by atoms with E-state index in [4.69, 9.17) is 10.5 Å². The van der Waals surface area contributed by atoms with Crippen LogP contribution in [0, 0.1) is 6.92 Å². The van der Waals surface area contributed by atoms with Crippen LogP contribution >= 0.6 is 15.9 Å². The lowest BCUT2D eigenvalue weighted by Crippen LogP contribution is -2.41. The molecule has 2 N–H and O–H groups in total. The van der Waals surface area contributed by atoms with Gasteiger partial charge in [0.15, 0.2) is 0 Å². The summed E-state index contributed by atoms with van der Waals surface area (Å²) in [6, 6.07) is 0. The molecule has 1 aliphatic rings. The van der Waals surface area contributed by atoms with Crippen LogP contribution in [0.3, 0.4) is 0 Å². The predicted molar refractivity (Wildman–Crippen MR) is 75.4 cm³/mol. The second kappa shape index (κ2) is 5.72. The van der Waals surface area contributed by atoms with E-state index in [1.54, 1.807) is 0 Å². The largest absolute Gasteiger partial charge is 0.373 e. The molecule has 5 heteroatoms. The Labute approximate surface area is 117 Å². The van der Waals surface area contributed by atoms with Crippen LogP contribution in [0.5, 0.6) is 0 Å². The molecule has 1 aromatic rings. The van der Waals surface area contributed by atoms with Gasteiger partial charge in [-0.15, -0.1) is 0 Å². The van der Waals surface area contributed by atoms with E-state index in [1.165, 1.54) is 12.8 Å². The summed E-state index contributed by atoms with van der Waals surface area (Å²) in [5.41, 5.74) is 8.30. The second-order valence-electron chi connectivity index (χ2n) is 5.22. The molecule has 0 saturated heterocycles. The van der Waals surface area contributed by atoms with Crippen molar-refractivity contribution in [3.8, 4) is 0 Å². The topological polar surface area (TPSA) is 53.1 Å². The molecule has 0 bridgehead atoms. The third-order valence-electron chi connectivity index (χ3n) is 3.68. The van der Waals surface area contributed by atoms with Gasteiger partial charge in [-0.1, -0.05) is 12.8 Å². The minimum atomic E-state index is -0.0986. The molecule has 0 amide bonds. The smallest absolute Gasteiger partial charge is 0.0897 e. The lowest BCUT2D eigenvalue weighted by molar-refractivity contribution is 0.0705. The van der Waals surface area contributed by atoms with Crippen molar-refractivity contribution in [2.45, 2.75) is 58.2 Å². The maximum absolute atomic E-state index is 6.28. The van der Waals surface area contributed by atoms with Crippen molar-refractivity contribution in [1.82, 2.24) is 9.78 Å². The highest BCUT2D eigenvalue weighted by molar-refractivity contribution is 9.10. The third kappa shape index (κ3) is 2.95. The van der Waals surface area contributed by atoms with Gasteiger partial charge in [0.25, 0.3) is 0 Å².